The number of pyridine rings is 1. The summed E-state index contributed by atoms with van der Waals surface area (Å²) in [6, 6.07) is 8.08. The first-order valence-electron chi connectivity index (χ1n) is 6.34. The Hall–Kier alpha value is -2.89. The minimum atomic E-state index is -0.888. The van der Waals surface area contributed by atoms with Gasteiger partial charge >= 0.3 is 12.0 Å². The number of benzene rings is 1. The molecule has 108 valence electrons. The highest BCUT2D eigenvalue weighted by atomic mass is 16.4. The van der Waals surface area contributed by atoms with E-state index in [4.69, 9.17) is 5.11 Å². The molecule has 2 amide bonds. The van der Waals surface area contributed by atoms with Crippen LogP contribution in [0.2, 0.25) is 0 Å². The summed E-state index contributed by atoms with van der Waals surface area (Å²) < 4.78 is 0. The molecular formula is C15H15N3O3. The number of anilines is 2. The molecule has 0 saturated heterocycles. The number of hydrogen-bond acceptors (Lipinski definition) is 3. The van der Waals surface area contributed by atoms with Crippen molar-refractivity contribution in [3.8, 4) is 0 Å². The van der Waals surface area contributed by atoms with E-state index in [1.54, 1.807) is 42.7 Å². The van der Waals surface area contributed by atoms with E-state index in [1.807, 2.05) is 6.92 Å². The van der Waals surface area contributed by atoms with E-state index >= 15 is 0 Å². The highest BCUT2D eigenvalue weighted by Crippen LogP contribution is 2.13. The third-order valence-corrected chi connectivity index (χ3v) is 2.85. The molecule has 3 N–H and O–H groups in total. The summed E-state index contributed by atoms with van der Waals surface area (Å²) in [5.74, 6) is -0.888. The van der Waals surface area contributed by atoms with Crippen LogP contribution in [0.25, 0.3) is 0 Å². The van der Waals surface area contributed by atoms with Gasteiger partial charge in [0.25, 0.3) is 0 Å². The Morgan fingerprint density at radius 3 is 2.48 bits per heavy atom. The van der Waals surface area contributed by atoms with Crippen LogP contribution < -0.4 is 10.6 Å². The molecule has 6 heteroatoms. The predicted octanol–water partition coefficient (Wildman–Crippen LogP) is 2.66. The third-order valence-electron chi connectivity index (χ3n) is 2.85. The number of carboxylic acids is 1. The highest BCUT2D eigenvalue weighted by molar-refractivity contribution is 6.00. The van der Waals surface area contributed by atoms with Gasteiger partial charge in [-0.2, -0.15) is 0 Å². The summed E-state index contributed by atoms with van der Waals surface area (Å²) in [5, 5.41) is 14.1. The van der Waals surface area contributed by atoms with Gasteiger partial charge in [-0.1, -0.05) is 12.1 Å². The molecular weight excluding hydrogens is 270 g/mol. The second-order valence-electron chi connectivity index (χ2n) is 4.54. The van der Waals surface area contributed by atoms with Crippen molar-refractivity contribution >= 4 is 23.4 Å². The number of aliphatic carboxylic acids is 1. The standard InChI is InChI=1S/C15H15N3O3/c1-10-6-7-16-9-13(10)18-15(21)17-12-4-2-11(3-5-12)8-14(19)20/h2-7,9H,8H2,1H3,(H,19,20)(H2,17,18,21). The smallest absolute Gasteiger partial charge is 0.323 e. The zero-order valence-corrected chi connectivity index (χ0v) is 11.5. The second-order valence-corrected chi connectivity index (χ2v) is 4.54. The lowest BCUT2D eigenvalue weighted by atomic mass is 10.1. The van der Waals surface area contributed by atoms with Crippen molar-refractivity contribution in [1.29, 1.82) is 0 Å². The lowest BCUT2D eigenvalue weighted by molar-refractivity contribution is -0.136. The summed E-state index contributed by atoms with van der Waals surface area (Å²) in [5.41, 5.74) is 2.81. The number of aryl methyl sites for hydroxylation is 1. The molecule has 0 fully saturated rings. The monoisotopic (exact) mass is 285 g/mol. The van der Waals surface area contributed by atoms with E-state index in [1.165, 1.54) is 0 Å². The normalized spacial score (nSPS) is 9.95. The molecule has 0 unspecified atom stereocenters. The third kappa shape index (κ3) is 4.31. The summed E-state index contributed by atoms with van der Waals surface area (Å²) in [6.07, 6.45) is 3.19. The Morgan fingerprint density at radius 1 is 1.14 bits per heavy atom. The van der Waals surface area contributed by atoms with Crippen molar-refractivity contribution in [2.45, 2.75) is 13.3 Å². The molecule has 0 atom stereocenters. The van der Waals surface area contributed by atoms with E-state index in [0.717, 1.165) is 5.56 Å². The fourth-order valence-electron chi connectivity index (χ4n) is 1.76. The van der Waals surface area contributed by atoms with E-state index in [-0.39, 0.29) is 12.5 Å². The van der Waals surface area contributed by atoms with E-state index in [2.05, 4.69) is 15.6 Å². The van der Waals surface area contributed by atoms with Crippen LogP contribution in [0.15, 0.2) is 42.7 Å². The number of amides is 2. The van der Waals surface area contributed by atoms with Gasteiger partial charge in [0, 0.05) is 11.9 Å². The quantitative estimate of drug-likeness (QED) is 0.805. The van der Waals surface area contributed by atoms with Crippen LogP contribution in [0.5, 0.6) is 0 Å². The van der Waals surface area contributed by atoms with Crippen molar-refractivity contribution in [2.24, 2.45) is 0 Å². The van der Waals surface area contributed by atoms with Crippen LogP contribution in [0.3, 0.4) is 0 Å². The van der Waals surface area contributed by atoms with Crippen LogP contribution in [-0.2, 0) is 11.2 Å². The number of nitrogens with zero attached hydrogens (tertiary/aromatic N) is 1. The maximum Gasteiger partial charge on any atom is 0.323 e. The molecule has 0 radical (unpaired) electrons. The van der Waals surface area contributed by atoms with Crippen LogP contribution in [-0.4, -0.2) is 22.1 Å². The van der Waals surface area contributed by atoms with Crippen LogP contribution in [0.1, 0.15) is 11.1 Å². The average molecular weight is 285 g/mol. The number of aromatic nitrogens is 1. The molecule has 0 aliphatic rings. The minimum Gasteiger partial charge on any atom is -0.481 e. The number of hydrogen-bond donors (Lipinski definition) is 3. The van der Waals surface area contributed by atoms with Gasteiger partial charge in [-0.05, 0) is 36.2 Å². The fraction of sp³-hybridized carbons (Fsp3) is 0.133. The second kappa shape index (κ2) is 6.51. The molecule has 2 rings (SSSR count). The lowest BCUT2D eigenvalue weighted by Gasteiger charge is -2.09. The maximum absolute atomic E-state index is 11.9. The Labute approximate surface area is 121 Å². The molecule has 0 aliphatic heterocycles. The average Bonchev–Trinajstić information content (AvgIpc) is 2.43. The molecule has 0 bridgehead atoms. The number of urea groups is 1. The summed E-state index contributed by atoms with van der Waals surface area (Å²) in [4.78, 5) is 26.4. The van der Waals surface area contributed by atoms with Crippen molar-refractivity contribution in [2.75, 3.05) is 10.6 Å². The molecule has 21 heavy (non-hydrogen) atoms. The first-order chi connectivity index (χ1) is 10.0. The minimum absolute atomic E-state index is 0.0403. The van der Waals surface area contributed by atoms with Crippen molar-refractivity contribution in [3.05, 3.63) is 53.9 Å². The van der Waals surface area contributed by atoms with Gasteiger partial charge in [0.2, 0.25) is 0 Å². The molecule has 1 aromatic heterocycles. The molecule has 1 heterocycles. The molecule has 0 spiro atoms. The highest BCUT2D eigenvalue weighted by Gasteiger charge is 2.05. The zero-order valence-electron chi connectivity index (χ0n) is 11.5. The molecule has 0 aliphatic carbocycles. The van der Waals surface area contributed by atoms with Gasteiger partial charge in [-0.15, -0.1) is 0 Å². The Morgan fingerprint density at radius 2 is 1.86 bits per heavy atom. The number of carbonyl (C=O) groups is 2. The largest absolute Gasteiger partial charge is 0.481 e. The van der Waals surface area contributed by atoms with Gasteiger partial charge in [0.05, 0.1) is 18.3 Å². The van der Waals surface area contributed by atoms with Crippen molar-refractivity contribution < 1.29 is 14.7 Å². The van der Waals surface area contributed by atoms with E-state index in [0.29, 0.717) is 16.9 Å². The van der Waals surface area contributed by atoms with Crippen molar-refractivity contribution in [1.82, 2.24) is 4.98 Å². The van der Waals surface area contributed by atoms with Crippen LogP contribution in [0.4, 0.5) is 16.2 Å². The first-order valence-corrected chi connectivity index (χ1v) is 6.34. The predicted molar refractivity (Wildman–Crippen MR) is 79.4 cm³/mol. The maximum atomic E-state index is 11.9. The fourth-order valence-corrected chi connectivity index (χ4v) is 1.76. The lowest BCUT2D eigenvalue weighted by Crippen LogP contribution is -2.20. The summed E-state index contributed by atoms with van der Waals surface area (Å²) >= 11 is 0. The first kappa shape index (κ1) is 14.5. The molecule has 6 nitrogen and oxygen atoms in total. The van der Waals surface area contributed by atoms with Gasteiger partial charge < -0.3 is 15.7 Å². The molecule has 0 saturated carbocycles. The summed E-state index contributed by atoms with van der Waals surface area (Å²) in [6.45, 7) is 1.87. The van der Waals surface area contributed by atoms with E-state index in [9.17, 15) is 9.59 Å². The Kier molecular flexibility index (Phi) is 4.50. The SMILES string of the molecule is Cc1ccncc1NC(=O)Nc1ccc(CC(=O)O)cc1. The zero-order chi connectivity index (χ0) is 15.2. The number of carbonyl (C=O) groups excluding carboxylic acids is 1. The molecule has 2 aromatic rings. The van der Waals surface area contributed by atoms with Crippen molar-refractivity contribution in [3.63, 3.8) is 0 Å². The summed E-state index contributed by atoms with van der Waals surface area (Å²) in [7, 11) is 0. The number of carboxylic acid groups (broad SMARTS) is 1. The number of nitrogens with one attached hydrogen (secondary N) is 2. The Balaban J connectivity index is 1.96. The number of rotatable bonds is 4. The van der Waals surface area contributed by atoms with Gasteiger partial charge in [0.1, 0.15) is 0 Å². The van der Waals surface area contributed by atoms with Gasteiger partial charge in [-0.25, -0.2) is 4.79 Å². The Bertz CT molecular complexity index is 653. The molecule has 1 aromatic carbocycles. The van der Waals surface area contributed by atoms with Crippen LogP contribution in [0, 0.1) is 6.92 Å². The topological polar surface area (TPSA) is 91.3 Å². The van der Waals surface area contributed by atoms with Gasteiger partial charge in [0.15, 0.2) is 0 Å². The van der Waals surface area contributed by atoms with E-state index < -0.39 is 5.97 Å². The van der Waals surface area contributed by atoms with Gasteiger partial charge in [-0.3, -0.25) is 9.78 Å². The van der Waals surface area contributed by atoms with Crippen LogP contribution >= 0.6 is 0 Å².